The summed E-state index contributed by atoms with van der Waals surface area (Å²) >= 11 is 0. The predicted octanol–water partition coefficient (Wildman–Crippen LogP) is 3.80. The van der Waals surface area contributed by atoms with E-state index in [2.05, 4.69) is 31.2 Å². The van der Waals surface area contributed by atoms with Gasteiger partial charge in [0.25, 0.3) is 5.91 Å². The van der Waals surface area contributed by atoms with E-state index in [9.17, 15) is 13.2 Å². The van der Waals surface area contributed by atoms with Crippen molar-refractivity contribution >= 4 is 26.7 Å². The molecule has 0 radical (unpaired) electrons. The fourth-order valence-corrected chi connectivity index (χ4v) is 6.53. The maximum atomic E-state index is 13.2. The van der Waals surface area contributed by atoms with Crippen LogP contribution in [-0.4, -0.2) is 55.7 Å². The first kappa shape index (κ1) is 23.4. The van der Waals surface area contributed by atoms with Gasteiger partial charge in [-0.2, -0.15) is 0 Å². The molecular weight excluding hydrogens is 438 g/mol. The van der Waals surface area contributed by atoms with Crippen LogP contribution in [0.4, 0.5) is 0 Å². The number of fused-ring (bicyclic) bond motifs is 1. The third-order valence-corrected chi connectivity index (χ3v) is 8.76. The molecule has 1 aliphatic heterocycles. The molecule has 1 saturated heterocycles. The van der Waals surface area contributed by atoms with Gasteiger partial charge in [-0.15, -0.1) is 0 Å². The molecule has 4 rings (SSSR count). The second-order valence-corrected chi connectivity index (χ2v) is 12.0. The summed E-state index contributed by atoms with van der Waals surface area (Å²) in [6.45, 7) is 7.57. The highest BCUT2D eigenvalue weighted by Crippen LogP contribution is 2.28. The summed E-state index contributed by atoms with van der Waals surface area (Å²) in [5.74, 6) is 0.491. The quantitative estimate of drug-likeness (QED) is 0.531. The van der Waals surface area contributed by atoms with Crippen LogP contribution in [0.15, 0.2) is 58.1 Å². The molecule has 7 nitrogen and oxygen atoms in total. The number of hydrogen-bond acceptors (Lipinski definition) is 5. The van der Waals surface area contributed by atoms with E-state index in [1.807, 2.05) is 0 Å². The second-order valence-electron chi connectivity index (χ2n) is 9.74. The number of nitrogens with one attached hydrogen (secondary N) is 1. The van der Waals surface area contributed by atoms with Gasteiger partial charge in [-0.1, -0.05) is 26.0 Å². The van der Waals surface area contributed by atoms with E-state index < -0.39 is 9.84 Å². The molecule has 0 saturated carbocycles. The number of quaternary nitrogens is 1. The number of amides is 1. The Morgan fingerprint density at radius 3 is 2.52 bits per heavy atom. The Balaban J connectivity index is 1.36. The van der Waals surface area contributed by atoms with Crippen LogP contribution in [-0.2, 0) is 16.4 Å². The highest BCUT2D eigenvalue weighted by atomic mass is 32.2. The van der Waals surface area contributed by atoms with E-state index in [1.54, 1.807) is 48.8 Å². The summed E-state index contributed by atoms with van der Waals surface area (Å²) in [4.78, 5) is 16.8. The molecule has 0 unspecified atom stereocenters. The highest BCUT2D eigenvalue weighted by molar-refractivity contribution is 7.92. The SMILES string of the molecule is CC(C)C[N+]1(C)CCC(S(=O)(=O)c2ccc(CNC(=O)c3cc4ccncc4o3)cc2)CC1. The number of sulfone groups is 1. The van der Waals surface area contributed by atoms with Gasteiger partial charge >= 0.3 is 0 Å². The Kier molecular flexibility index (Phi) is 6.59. The molecule has 1 aromatic carbocycles. The van der Waals surface area contributed by atoms with Gasteiger partial charge in [-0.25, -0.2) is 8.42 Å². The zero-order chi connectivity index (χ0) is 23.6. The number of piperidine rings is 1. The molecule has 3 aromatic rings. The van der Waals surface area contributed by atoms with Crippen LogP contribution < -0.4 is 5.32 Å². The lowest BCUT2D eigenvalue weighted by atomic mass is 10.1. The number of pyridine rings is 1. The minimum Gasteiger partial charge on any atom is -0.449 e. The molecule has 1 N–H and O–H groups in total. The summed E-state index contributed by atoms with van der Waals surface area (Å²) in [7, 11) is -1.13. The fourth-order valence-electron chi connectivity index (χ4n) is 4.80. The van der Waals surface area contributed by atoms with Crippen molar-refractivity contribution in [2.24, 2.45) is 5.92 Å². The molecule has 33 heavy (non-hydrogen) atoms. The highest BCUT2D eigenvalue weighted by Gasteiger charge is 2.37. The lowest BCUT2D eigenvalue weighted by Gasteiger charge is -2.41. The van der Waals surface area contributed by atoms with Crippen molar-refractivity contribution < 1.29 is 22.1 Å². The largest absolute Gasteiger partial charge is 0.449 e. The van der Waals surface area contributed by atoms with E-state index in [1.165, 1.54) is 0 Å². The summed E-state index contributed by atoms with van der Waals surface area (Å²) in [6, 6.07) is 10.3. The van der Waals surface area contributed by atoms with Crippen molar-refractivity contribution in [1.82, 2.24) is 10.3 Å². The molecule has 0 aliphatic carbocycles. The van der Waals surface area contributed by atoms with E-state index >= 15 is 0 Å². The first-order chi connectivity index (χ1) is 15.7. The number of carbonyl (C=O) groups excluding carboxylic acids is 1. The van der Waals surface area contributed by atoms with E-state index in [4.69, 9.17) is 4.42 Å². The summed E-state index contributed by atoms with van der Waals surface area (Å²) in [5, 5.41) is 3.30. The minimum atomic E-state index is -3.36. The Morgan fingerprint density at radius 1 is 1.18 bits per heavy atom. The Morgan fingerprint density at radius 2 is 1.88 bits per heavy atom. The normalized spacial score (nSPS) is 21.4. The maximum Gasteiger partial charge on any atom is 0.287 e. The fraction of sp³-hybridized carbons (Fsp3) is 0.440. The van der Waals surface area contributed by atoms with Crippen LogP contribution in [0.5, 0.6) is 0 Å². The number of hydrogen-bond donors (Lipinski definition) is 1. The smallest absolute Gasteiger partial charge is 0.287 e. The molecule has 1 fully saturated rings. The standard InChI is InChI=1S/C25H31N3O4S/c1-18(2)17-28(3)12-9-22(10-13-28)33(30,31)21-6-4-19(5-7-21)15-27-25(29)23-14-20-8-11-26-16-24(20)32-23/h4-8,11,14,16,18,22H,9-10,12-13,15,17H2,1-3H3/p+1. The third-order valence-electron chi connectivity index (χ3n) is 6.48. The first-order valence-corrected chi connectivity index (χ1v) is 13.0. The van der Waals surface area contributed by atoms with E-state index in [0.29, 0.717) is 29.2 Å². The van der Waals surface area contributed by atoms with Gasteiger partial charge in [-0.05, 0) is 29.8 Å². The van der Waals surface area contributed by atoms with Crippen molar-refractivity contribution in [2.75, 3.05) is 26.7 Å². The van der Waals surface area contributed by atoms with Gasteiger partial charge in [0.15, 0.2) is 21.2 Å². The lowest BCUT2D eigenvalue weighted by molar-refractivity contribution is -0.916. The lowest BCUT2D eigenvalue weighted by Crippen LogP contribution is -2.53. The second kappa shape index (κ2) is 9.27. The minimum absolute atomic E-state index is 0.220. The molecule has 176 valence electrons. The molecule has 0 atom stereocenters. The van der Waals surface area contributed by atoms with Crippen LogP contribution >= 0.6 is 0 Å². The number of carbonyl (C=O) groups is 1. The summed E-state index contributed by atoms with van der Waals surface area (Å²) in [6.07, 6.45) is 4.60. The van der Waals surface area contributed by atoms with Gasteiger partial charge in [0.05, 0.1) is 43.0 Å². The van der Waals surface area contributed by atoms with E-state index in [0.717, 1.165) is 35.1 Å². The molecule has 8 heteroatoms. The van der Waals surface area contributed by atoms with Gasteiger partial charge in [0.1, 0.15) is 0 Å². The van der Waals surface area contributed by atoms with Gasteiger partial charge in [-0.3, -0.25) is 9.78 Å². The van der Waals surface area contributed by atoms with Crippen LogP contribution in [0.3, 0.4) is 0 Å². The maximum absolute atomic E-state index is 13.2. The topological polar surface area (TPSA) is 89.3 Å². The molecular formula is C25H32N3O4S+. The number of rotatable bonds is 7. The molecule has 0 spiro atoms. The summed E-state index contributed by atoms with van der Waals surface area (Å²) < 4.78 is 32.8. The Hall–Kier alpha value is -2.71. The van der Waals surface area contributed by atoms with Crippen molar-refractivity contribution in [3.8, 4) is 0 Å². The summed E-state index contributed by atoms with van der Waals surface area (Å²) in [5.41, 5.74) is 1.38. The predicted molar refractivity (Wildman–Crippen MR) is 127 cm³/mol. The average Bonchev–Trinajstić information content (AvgIpc) is 3.22. The number of benzene rings is 1. The van der Waals surface area contributed by atoms with Crippen molar-refractivity contribution in [2.45, 2.75) is 43.4 Å². The van der Waals surface area contributed by atoms with Crippen LogP contribution in [0.1, 0.15) is 42.8 Å². The molecule has 0 bridgehead atoms. The Bertz CT molecular complexity index is 1190. The van der Waals surface area contributed by atoms with E-state index in [-0.39, 0.29) is 23.5 Å². The van der Waals surface area contributed by atoms with Crippen LogP contribution in [0.25, 0.3) is 11.0 Å². The zero-order valence-corrected chi connectivity index (χ0v) is 20.3. The van der Waals surface area contributed by atoms with Gasteiger partial charge < -0.3 is 14.2 Å². The molecule has 1 amide bonds. The monoisotopic (exact) mass is 470 g/mol. The van der Waals surface area contributed by atoms with Crippen molar-refractivity contribution in [1.29, 1.82) is 0 Å². The van der Waals surface area contributed by atoms with Crippen molar-refractivity contribution in [3.63, 3.8) is 0 Å². The number of aromatic nitrogens is 1. The number of nitrogens with zero attached hydrogens (tertiary/aromatic N) is 2. The average molecular weight is 471 g/mol. The molecule has 3 heterocycles. The van der Waals surface area contributed by atoms with Crippen LogP contribution in [0, 0.1) is 5.92 Å². The zero-order valence-electron chi connectivity index (χ0n) is 19.5. The van der Waals surface area contributed by atoms with Crippen LogP contribution in [0.2, 0.25) is 0 Å². The van der Waals surface area contributed by atoms with Gasteiger partial charge in [0, 0.05) is 36.9 Å². The third kappa shape index (κ3) is 5.28. The molecule has 2 aromatic heterocycles. The Labute approximate surface area is 195 Å². The first-order valence-electron chi connectivity index (χ1n) is 11.4. The number of furan rings is 1. The van der Waals surface area contributed by atoms with Crippen molar-refractivity contribution in [3.05, 3.63) is 60.1 Å². The molecule has 1 aliphatic rings. The number of likely N-dealkylation sites (tertiary alicyclic amines) is 1. The van der Waals surface area contributed by atoms with Gasteiger partial charge in [0.2, 0.25) is 0 Å².